The monoisotopic (exact) mass is 373 g/mol. The van der Waals surface area contributed by atoms with Crippen LogP contribution in [0.25, 0.3) is 29.2 Å². The van der Waals surface area contributed by atoms with E-state index in [1.807, 2.05) is 23.5 Å². The zero-order valence-corrected chi connectivity index (χ0v) is 14.6. The van der Waals surface area contributed by atoms with Gasteiger partial charge in [-0.1, -0.05) is 0 Å². The van der Waals surface area contributed by atoms with Crippen LogP contribution in [0.2, 0.25) is 0 Å². The molecular formula is C17H11N9S. The Balaban J connectivity index is 1.49. The lowest BCUT2D eigenvalue weighted by atomic mass is 10.2. The molecule has 5 rings (SSSR count). The van der Waals surface area contributed by atoms with Crippen LogP contribution in [0.1, 0.15) is 5.69 Å². The zero-order chi connectivity index (χ0) is 18.2. The van der Waals surface area contributed by atoms with Gasteiger partial charge in [0.25, 0.3) is 5.95 Å². The van der Waals surface area contributed by atoms with Gasteiger partial charge in [0.05, 0.1) is 17.3 Å². The van der Waals surface area contributed by atoms with Crippen LogP contribution in [0.4, 0.5) is 5.95 Å². The average molecular weight is 373 g/mol. The van der Waals surface area contributed by atoms with E-state index in [1.54, 1.807) is 35.2 Å². The van der Waals surface area contributed by atoms with Crippen molar-refractivity contribution in [1.29, 1.82) is 5.26 Å². The number of hydrazine groups is 1. The fourth-order valence-electron chi connectivity index (χ4n) is 2.79. The van der Waals surface area contributed by atoms with Crippen LogP contribution in [-0.2, 0) is 0 Å². The van der Waals surface area contributed by atoms with Gasteiger partial charge in [-0.2, -0.15) is 14.6 Å². The van der Waals surface area contributed by atoms with Gasteiger partial charge >= 0.3 is 0 Å². The molecule has 4 aromatic rings. The van der Waals surface area contributed by atoms with E-state index >= 15 is 0 Å². The molecule has 0 aromatic carbocycles. The highest BCUT2D eigenvalue weighted by molar-refractivity contribution is 7.03. The number of nitrogens with zero attached hydrogens (tertiary/aromatic N) is 8. The Morgan fingerprint density at radius 3 is 3.04 bits per heavy atom. The van der Waals surface area contributed by atoms with Crippen molar-refractivity contribution >= 4 is 35.4 Å². The van der Waals surface area contributed by atoms with Gasteiger partial charge < -0.3 is 0 Å². The number of fused-ring (bicyclic) bond motifs is 2. The second-order valence-corrected chi connectivity index (χ2v) is 6.60. The lowest BCUT2D eigenvalue weighted by Crippen LogP contribution is -2.35. The Hall–Kier alpha value is -3.84. The molecule has 0 fully saturated rings. The van der Waals surface area contributed by atoms with Crippen molar-refractivity contribution in [3.05, 3.63) is 52.4 Å². The lowest BCUT2D eigenvalue weighted by molar-refractivity contribution is 0.545. The summed E-state index contributed by atoms with van der Waals surface area (Å²) in [5, 5.41) is 16.3. The summed E-state index contributed by atoms with van der Waals surface area (Å²) in [5.41, 5.74) is 5.56. The number of nitrogens with one attached hydrogen (secondary N) is 1. The first-order chi connectivity index (χ1) is 13.3. The largest absolute Gasteiger partial charge is 0.288 e. The summed E-state index contributed by atoms with van der Waals surface area (Å²) < 4.78 is 7.02. The first kappa shape index (κ1) is 15.4. The molecule has 0 aliphatic carbocycles. The normalized spacial score (nSPS) is 12.8. The summed E-state index contributed by atoms with van der Waals surface area (Å²) >= 11 is 1.48. The predicted molar refractivity (Wildman–Crippen MR) is 99.4 cm³/mol. The molecule has 27 heavy (non-hydrogen) atoms. The number of hydrogen-bond acceptors (Lipinski definition) is 9. The quantitative estimate of drug-likeness (QED) is 0.549. The van der Waals surface area contributed by atoms with Crippen LogP contribution in [0.5, 0.6) is 0 Å². The van der Waals surface area contributed by atoms with Gasteiger partial charge in [-0.15, -0.1) is 5.10 Å². The van der Waals surface area contributed by atoms with Crippen molar-refractivity contribution in [2.45, 2.75) is 0 Å². The first-order valence-corrected chi connectivity index (χ1v) is 8.81. The maximum absolute atomic E-state index is 8.90. The second kappa shape index (κ2) is 6.15. The third kappa shape index (κ3) is 2.76. The molecule has 5 heterocycles. The molecule has 130 valence electrons. The lowest BCUT2D eigenvalue weighted by Gasteiger charge is -2.19. The maximum atomic E-state index is 8.90. The highest BCUT2D eigenvalue weighted by Gasteiger charge is 2.13. The van der Waals surface area contributed by atoms with Crippen LogP contribution in [0.3, 0.4) is 0 Å². The van der Waals surface area contributed by atoms with E-state index in [4.69, 9.17) is 5.26 Å². The molecule has 0 bridgehead atoms. The minimum atomic E-state index is 0.355. The molecule has 0 saturated carbocycles. The van der Waals surface area contributed by atoms with E-state index < -0.39 is 0 Å². The van der Waals surface area contributed by atoms with E-state index in [1.165, 1.54) is 11.5 Å². The van der Waals surface area contributed by atoms with Gasteiger partial charge in [-0.3, -0.25) is 15.4 Å². The number of anilines is 1. The van der Waals surface area contributed by atoms with Crippen molar-refractivity contribution in [1.82, 2.24) is 33.9 Å². The van der Waals surface area contributed by atoms with Crippen molar-refractivity contribution in [2.75, 3.05) is 12.0 Å². The van der Waals surface area contributed by atoms with Gasteiger partial charge in [0.2, 0.25) is 0 Å². The van der Waals surface area contributed by atoms with Gasteiger partial charge in [0.15, 0.2) is 5.65 Å². The fraction of sp³-hybridized carbons (Fsp3) is 0.0588. The van der Waals surface area contributed by atoms with Crippen molar-refractivity contribution in [3.63, 3.8) is 0 Å². The highest BCUT2D eigenvalue weighted by Crippen LogP contribution is 2.21. The molecule has 0 atom stereocenters. The number of aromatic nitrogens is 6. The smallest absolute Gasteiger partial charge is 0.261 e. The standard InChI is InChI=1S/C17H11N9S/c18-7-13-2-1-11(8-20-13)15-16-22-17(24-26(16)6-4-19-15)23-25-5-3-14-12(10-25)9-21-27-14/h1-4,6,8-10H,5H2,(H,23,24). The number of rotatable bonds is 3. The van der Waals surface area contributed by atoms with E-state index in [0.717, 1.165) is 15.3 Å². The Labute approximate surface area is 156 Å². The predicted octanol–water partition coefficient (Wildman–Crippen LogP) is 0.376. The average Bonchev–Trinajstić information content (AvgIpc) is 3.33. The molecule has 1 aliphatic heterocycles. The number of nitriles is 1. The van der Waals surface area contributed by atoms with Gasteiger partial charge in [0.1, 0.15) is 17.5 Å². The van der Waals surface area contributed by atoms with Crippen LogP contribution in [-0.4, -0.2) is 40.5 Å². The maximum Gasteiger partial charge on any atom is 0.261 e. The summed E-state index contributed by atoms with van der Waals surface area (Å²) in [6.07, 6.45) is 10.9. The van der Waals surface area contributed by atoms with E-state index in [2.05, 4.69) is 35.9 Å². The Kier molecular flexibility index (Phi) is 3.51. The van der Waals surface area contributed by atoms with E-state index in [0.29, 0.717) is 29.5 Å². The third-order valence-corrected chi connectivity index (χ3v) is 4.86. The molecule has 1 aliphatic rings. The Morgan fingerprint density at radius 1 is 1.22 bits per heavy atom. The molecule has 0 radical (unpaired) electrons. The molecular weight excluding hydrogens is 362 g/mol. The van der Waals surface area contributed by atoms with Gasteiger partial charge in [-0.05, 0) is 29.7 Å². The zero-order valence-electron chi connectivity index (χ0n) is 13.8. The Morgan fingerprint density at radius 2 is 2.19 bits per heavy atom. The van der Waals surface area contributed by atoms with Gasteiger partial charge in [-0.25, -0.2) is 9.50 Å². The second-order valence-electron chi connectivity index (χ2n) is 5.77. The molecule has 1 N–H and O–H groups in total. The minimum absolute atomic E-state index is 0.355. The molecule has 9 nitrogen and oxygen atoms in total. The first-order valence-electron chi connectivity index (χ1n) is 8.04. The minimum Gasteiger partial charge on any atom is -0.288 e. The summed E-state index contributed by atoms with van der Waals surface area (Å²) in [7, 11) is 0. The molecule has 0 amide bonds. The number of hydrogen-bond donors (Lipinski definition) is 1. The topological polar surface area (TPSA) is 108 Å². The van der Waals surface area contributed by atoms with Crippen LogP contribution in [0, 0.1) is 11.3 Å². The van der Waals surface area contributed by atoms with Crippen molar-refractivity contribution < 1.29 is 0 Å². The third-order valence-electron chi connectivity index (χ3n) is 4.05. The summed E-state index contributed by atoms with van der Waals surface area (Å²) in [4.78, 5) is 13.1. The summed E-state index contributed by atoms with van der Waals surface area (Å²) in [6, 6.07) is 5.46. The van der Waals surface area contributed by atoms with Crippen molar-refractivity contribution in [3.8, 4) is 17.3 Å². The molecule has 0 saturated heterocycles. The van der Waals surface area contributed by atoms with Crippen LogP contribution in [0.15, 0.2) is 36.9 Å². The van der Waals surface area contributed by atoms with Gasteiger partial charge in [0, 0.05) is 35.6 Å². The SMILES string of the molecule is N#Cc1ccc(-c2nccn3nc(NN4C=c5cnsc5=CC4)nc23)cn1. The van der Waals surface area contributed by atoms with E-state index in [9.17, 15) is 0 Å². The molecule has 0 unspecified atom stereocenters. The molecule has 4 aromatic heterocycles. The van der Waals surface area contributed by atoms with E-state index in [-0.39, 0.29) is 0 Å². The van der Waals surface area contributed by atoms with Crippen molar-refractivity contribution in [2.24, 2.45) is 0 Å². The highest BCUT2D eigenvalue weighted by atomic mass is 32.1. The fourth-order valence-corrected chi connectivity index (χ4v) is 3.42. The number of pyridine rings is 1. The summed E-state index contributed by atoms with van der Waals surface area (Å²) in [6.45, 7) is 0.690. The molecule has 0 spiro atoms. The summed E-state index contributed by atoms with van der Waals surface area (Å²) in [5.74, 6) is 0.460. The van der Waals surface area contributed by atoms with Crippen LogP contribution < -0.4 is 15.2 Å². The molecule has 10 heteroatoms. The van der Waals surface area contributed by atoms with Crippen LogP contribution >= 0.6 is 11.5 Å². The Bertz CT molecular complexity index is 1300.